The fraction of sp³-hybridized carbons (Fsp3) is 0.333. The first kappa shape index (κ1) is 18.2. The summed E-state index contributed by atoms with van der Waals surface area (Å²) < 4.78 is 0. The highest BCUT2D eigenvalue weighted by atomic mass is 28.4. The van der Waals surface area contributed by atoms with Gasteiger partial charge in [0.1, 0.15) is 6.10 Å². The second-order valence-electron chi connectivity index (χ2n) is 7.79. The lowest BCUT2D eigenvalue weighted by Crippen LogP contribution is -2.54. The second kappa shape index (κ2) is 7.32. The molecule has 0 aromatic heterocycles. The van der Waals surface area contributed by atoms with Crippen LogP contribution in [-0.4, -0.2) is 34.7 Å². The van der Waals surface area contributed by atoms with E-state index in [1.165, 1.54) is 11.3 Å². The first-order chi connectivity index (χ1) is 11.9. The van der Waals surface area contributed by atoms with Gasteiger partial charge < -0.3 is 10.0 Å². The number of hydrogen-bond donors (Lipinski definition) is 1. The standard InChI is InChI=1S/C21H28NOSi2/c1-24(2)21-19(20(23)17-11-7-5-8-12-17)15-22(16-25(21,3)4)18-13-9-6-10-14-18/h5-14,20,23H,15-16H2,1-4H3. The molecule has 131 valence electrons. The summed E-state index contributed by atoms with van der Waals surface area (Å²) >= 11 is 0. The number of rotatable bonds is 4. The Balaban J connectivity index is 2.06. The molecule has 0 aliphatic carbocycles. The van der Waals surface area contributed by atoms with Gasteiger partial charge >= 0.3 is 0 Å². The Labute approximate surface area is 154 Å². The zero-order valence-electron chi connectivity index (χ0n) is 15.7. The van der Waals surface area contributed by atoms with Crippen molar-refractivity contribution in [2.75, 3.05) is 17.6 Å². The Hall–Kier alpha value is -1.63. The molecule has 2 nitrogen and oxygen atoms in total. The van der Waals surface area contributed by atoms with Crippen LogP contribution < -0.4 is 4.90 Å². The van der Waals surface area contributed by atoms with Gasteiger partial charge in [0.25, 0.3) is 0 Å². The summed E-state index contributed by atoms with van der Waals surface area (Å²) in [4.78, 5) is 4.11. The Morgan fingerprint density at radius 2 is 1.52 bits per heavy atom. The van der Waals surface area contributed by atoms with Crippen molar-refractivity contribution in [1.82, 2.24) is 0 Å². The first-order valence-corrected chi connectivity index (χ1v) is 14.7. The molecule has 1 aliphatic heterocycles. The van der Waals surface area contributed by atoms with Crippen molar-refractivity contribution < 1.29 is 5.11 Å². The molecule has 0 spiro atoms. The van der Waals surface area contributed by atoms with Crippen LogP contribution in [0.3, 0.4) is 0 Å². The van der Waals surface area contributed by atoms with Crippen LogP contribution in [0.2, 0.25) is 26.2 Å². The van der Waals surface area contributed by atoms with E-state index in [2.05, 4.69) is 61.4 Å². The number of aliphatic hydroxyl groups excluding tert-OH is 1. The van der Waals surface area contributed by atoms with Crippen molar-refractivity contribution in [3.63, 3.8) is 0 Å². The minimum absolute atomic E-state index is 0.491. The summed E-state index contributed by atoms with van der Waals surface area (Å²) in [7, 11) is -2.19. The lowest BCUT2D eigenvalue weighted by atomic mass is 10.0. The van der Waals surface area contributed by atoms with E-state index in [0.29, 0.717) is 0 Å². The number of benzene rings is 2. The van der Waals surface area contributed by atoms with E-state index < -0.39 is 23.0 Å². The van der Waals surface area contributed by atoms with Crippen molar-refractivity contribution in [2.24, 2.45) is 0 Å². The molecule has 1 N–H and O–H groups in total. The van der Waals surface area contributed by atoms with Gasteiger partial charge in [-0.1, -0.05) is 79.5 Å². The van der Waals surface area contributed by atoms with Gasteiger partial charge in [0.05, 0.1) is 16.9 Å². The van der Waals surface area contributed by atoms with Crippen LogP contribution in [0.25, 0.3) is 0 Å². The monoisotopic (exact) mass is 366 g/mol. The third kappa shape index (κ3) is 3.81. The van der Waals surface area contributed by atoms with Gasteiger partial charge in [-0.25, -0.2) is 0 Å². The molecule has 1 aliphatic rings. The molecule has 0 saturated carbocycles. The predicted molar refractivity (Wildman–Crippen MR) is 112 cm³/mol. The summed E-state index contributed by atoms with van der Waals surface area (Å²) in [6.07, 6.45) is 0.641. The summed E-state index contributed by atoms with van der Waals surface area (Å²) in [5.41, 5.74) is 3.54. The molecule has 2 aromatic carbocycles. The average Bonchev–Trinajstić information content (AvgIpc) is 2.60. The molecular weight excluding hydrogens is 338 g/mol. The zero-order valence-corrected chi connectivity index (χ0v) is 17.7. The SMILES string of the molecule is C[Si](C)C1=C(C(O)c2ccccc2)CN(c2ccccc2)C[Si]1(C)C. The van der Waals surface area contributed by atoms with E-state index in [9.17, 15) is 5.11 Å². The number of nitrogens with zero attached hydrogens (tertiary/aromatic N) is 1. The molecule has 1 unspecified atom stereocenters. The average molecular weight is 367 g/mol. The molecule has 4 heteroatoms. The fourth-order valence-corrected chi connectivity index (χ4v) is 13.2. The molecule has 0 saturated heterocycles. The van der Waals surface area contributed by atoms with Crippen molar-refractivity contribution in [3.05, 3.63) is 76.6 Å². The molecular formula is C21H28NOSi2. The highest BCUT2D eigenvalue weighted by molar-refractivity contribution is 6.99. The van der Waals surface area contributed by atoms with Gasteiger partial charge in [0, 0.05) is 18.4 Å². The van der Waals surface area contributed by atoms with E-state index >= 15 is 0 Å². The molecule has 3 rings (SSSR count). The Morgan fingerprint density at radius 3 is 2.08 bits per heavy atom. The lowest BCUT2D eigenvalue weighted by Gasteiger charge is -2.44. The molecule has 0 bridgehead atoms. The normalized spacial score (nSPS) is 18.6. The fourth-order valence-electron chi connectivity index (χ4n) is 4.21. The van der Waals surface area contributed by atoms with E-state index in [-0.39, 0.29) is 0 Å². The largest absolute Gasteiger partial charge is 0.384 e. The van der Waals surface area contributed by atoms with Gasteiger partial charge in [-0.15, -0.1) is 0 Å². The Morgan fingerprint density at radius 1 is 0.960 bits per heavy atom. The molecule has 2 aromatic rings. The van der Waals surface area contributed by atoms with Crippen LogP contribution in [0.4, 0.5) is 5.69 Å². The first-order valence-electron chi connectivity index (χ1n) is 8.97. The predicted octanol–water partition coefficient (Wildman–Crippen LogP) is 4.62. The van der Waals surface area contributed by atoms with Crippen LogP contribution in [0, 0.1) is 0 Å². The quantitative estimate of drug-likeness (QED) is 0.798. The highest BCUT2D eigenvalue weighted by Gasteiger charge is 2.39. The minimum atomic E-state index is -1.60. The van der Waals surface area contributed by atoms with Gasteiger partial charge in [0.2, 0.25) is 0 Å². The third-order valence-corrected chi connectivity index (χ3v) is 12.7. The van der Waals surface area contributed by atoms with E-state index in [4.69, 9.17) is 0 Å². The van der Waals surface area contributed by atoms with Gasteiger partial charge in [-0.3, -0.25) is 0 Å². The van der Waals surface area contributed by atoms with Gasteiger partial charge in [0.15, 0.2) is 0 Å². The number of hydrogen-bond acceptors (Lipinski definition) is 2. The zero-order chi connectivity index (χ0) is 18.0. The number of anilines is 1. The van der Waals surface area contributed by atoms with Crippen molar-refractivity contribution in [1.29, 1.82) is 0 Å². The summed E-state index contributed by atoms with van der Waals surface area (Å²) in [6.45, 7) is 10.5. The van der Waals surface area contributed by atoms with Crippen LogP contribution in [-0.2, 0) is 0 Å². The Kier molecular flexibility index (Phi) is 5.32. The van der Waals surface area contributed by atoms with Crippen LogP contribution >= 0.6 is 0 Å². The smallest absolute Gasteiger partial charge is 0.101 e. The van der Waals surface area contributed by atoms with Crippen molar-refractivity contribution >= 4 is 22.6 Å². The maximum absolute atomic E-state index is 11.2. The topological polar surface area (TPSA) is 23.5 Å². The van der Waals surface area contributed by atoms with Gasteiger partial charge in [-0.05, 0) is 23.3 Å². The maximum Gasteiger partial charge on any atom is 0.101 e. The second-order valence-corrected chi connectivity index (χ2v) is 15.4. The summed E-state index contributed by atoms with van der Waals surface area (Å²) in [6, 6.07) is 20.8. The third-order valence-electron chi connectivity index (χ3n) is 5.01. The molecule has 0 amide bonds. The number of aliphatic hydroxyl groups is 1. The van der Waals surface area contributed by atoms with Crippen LogP contribution in [0.15, 0.2) is 71.1 Å². The van der Waals surface area contributed by atoms with Crippen molar-refractivity contribution in [3.8, 4) is 0 Å². The molecule has 1 heterocycles. The number of para-hydroxylation sites is 1. The lowest BCUT2D eigenvalue weighted by molar-refractivity contribution is 0.213. The molecule has 1 radical (unpaired) electrons. The highest BCUT2D eigenvalue weighted by Crippen LogP contribution is 2.36. The molecule has 1 atom stereocenters. The van der Waals surface area contributed by atoms with Crippen LogP contribution in [0.1, 0.15) is 11.7 Å². The minimum Gasteiger partial charge on any atom is -0.384 e. The summed E-state index contributed by atoms with van der Waals surface area (Å²) in [5.74, 6) is 0. The maximum atomic E-state index is 11.2. The van der Waals surface area contributed by atoms with Gasteiger partial charge in [-0.2, -0.15) is 0 Å². The van der Waals surface area contributed by atoms with Crippen LogP contribution in [0.5, 0.6) is 0 Å². The summed E-state index contributed by atoms with van der Waals surface area (Å²) in [5, 5.41) is 11.2. The van der Waals surface area contributed by atoms with E-state index in [1.807, 2.05) is 30.3 Å². The van der Waals surface area contributed by atoms with E-state index in [1.54, 1.807) is 4.82 Å². The molecule has 0 fully saturated rings. The Bertz CT molecular complexity index is 741. The molecule has 25 heavy (non-hydrogen) atoms. The van der Waals surface area contributed by atoms with E-state index in [0.717, 1.165) is 18.3 Å². The van der Waals surface area contributed by atoms with Crippen molar-refractivity contribution in [2.45, 2.75) is 32.3 Å².